The predicted octanol–water partition coefficient (Wildman–Crippen LogP) is 5.78. The Labute approximate surface area is 218 Å². The second-order valence-corrected chi connectivity index (χ2v) is 10.6. The van der Waals surface area contributed by atoms with Gasteiger partial charge >= 0.3 is 0 Å². The molecule has 0 aliphatic rings. The molecule has 0 saturated heterocycles. The van der Waals surface area contributed by atoms with Crippen LogP contribution < -0.4 is 5.56 Å². The van der Waals surface area contributed by atoms with Crippen LogP contribution in [0.4, 0.5) is 5.69 Å². The maximum atomic E-state index is 13.4. The van der Waals surface area contributed by atoms with Gasteiger partial charge in [-0.05, 0) is 42.5 Å². The molecule has 0 bridgehead atoms. The van der Waals surface area contributed by atoms with E-state index in [9.17, 15) is 18.3 Å². The average Bonchev–Trinajstić information content (AvgIpc) is 2.86. The molecule has 10 heteroatoms. The second kappa shape index (κ2) is 10.4. The fourth-order valence-corrected chi connectivity index (χ4v) is 5.90. The number of pyridine rings is 1. The van der Waals surface area contributed by atoms with E-state index in [1.165, 1.54) is 28.7 Å². The van der Waals surface area contributed by atoms with Crippen molar-refractivity contribution >= 4 is 55.9 Å². The SMILES string of the molecule is CCN(CC)S(=O)(=O)c1cccc(-n2c(O)c(C=Nc3ccc(Cl)cc3Cl)c3ccccc3c2=O)c1. The number of sulfonamides is 1. The Bertz CT molecular complexity index is 1650. The van der Waals surface area contributed by atoms with Gasteiger partial charge < -0.3 is 5.11 Å². The first-order chi connectivity index (χ1) is 17.2. The highest BCUT2D eigenvalue weighted by Crippen LogP contribution is 2.31. The summed E-state index contributed by atoms with van der Waals surface area (Å²) in [4.78, 5) is 17.9. The first-order valence-corrected chi connectivity index (χ1v) is 13.3. The molecule has 0 fully saturated rings. The zero-order valence-corrected chi connectivity index (χ0v) is 21.8. The Morgan fingerprint density at radius 2 is 1.67 bits per heavy atom. The van der Waals surface area contributed by atoms with Crippen molar-refractivity contribution in [1.82, 2.24) is 8.87 Å². The minimum atomic E-state index is -3.78. The van der Waals surface area contributed by atoms with E-state index in [-0.39, 0.29) is 22.0 Å². The first kappa shape index (κ1) is 25.9. The van der Waals surface area contributed by atoms with Gasteiger partial charge in [0.25, 0.3) is 5.56 Å². The van der Waals surface area contributed by atoms with E-state index in [4.69, 9.17) is 23.2 Å². The number of aliphatic imine (C=N–C) groups is 1. The van der Waals surface area contributed by atoms with Crippen molar-refractivity contribution in [2.75, 3.05) is 13.1 Å². The van der Waals surface area contributed by atoms with Crippen molar-refractivity contribution in [3.05, 3.63) is 92.7 Å². The number of halogens is 2. The van der Waals surface area contributed by atoms with Crippen LogP contribution in [-0.4, -0.2) is 41.7 Å². The fraction of sp³-hybridized carbons (Fsp3) is 0.154. The fourth-order valence-electron chi connectivity index (χ4n) is 3.94. The molecule has 7 nitrogen and oxygen atoms in total. The number of hydrogen-bond donors (Lipinski definition) is 1. The lowest BCUT2D eigenvalue weighted by Crippen LogP contribution is -2.30. The van der Waals surface area contributed by atoms with E-state index in [0.717, 1.165) is 4.57 Å². The van der Waals surface area contributed by atoms with Gasteiger partial charge in [-0.15, -0.1) is 0 Å². The van der Waals surface area contributed by atoms with Gasteiger partial charge in [-0.25, -0.2) is 13.0 Å². The van der Waals surface area contributed by atoms with E-state index >= 15 is 0 Å². The molecule has 0 atom stereocenters. The summed E-state index contributed by atoms with van der Waals surface area (Å²) in [5.41, 5.74) is 0.403. The molecule has 0 spiro atoms. The molecular weight excluding hydrogens is 521 g/mol. The van der Waals surface area contributed by atoms with Crippen molar-refractivity contribution < 1.29 is 13.5 Å². The summed E-state index contributed by atoms with van der Waals surface area (Å²) >= 11 is 12.2. The molecule has 1 aromatic heterocycles. The van der Waals surface area contributed by atoms with E-state index in [1.54, 1.807) is 62.4 Å². The third-order valence-electron chi connectivity index (χ3n) is 5.76. The number of fused-ring (bicyclic) bond motifs is 1. The molecule has 0 unspecified atom stereocenters. The van der Waals surface area contributed by atoms with Gasteiger partial charge in [0.1, 0.15) is 0 Å². The summed E-state index contributed by atoms with van der Waals surface area (Å²) in [6, 6.07) is 17.6. The molecule has 3 aromatic carbocycles. The standard InChI is InChI=1S/C26H23Cl2N3O4S/c1-3-30(4-2)36(34,35)19-9-7-8-18(15-19)31-25(32)21-11-6-5-10-20(21)22(26(31)33)16-29-24-13-12-17(27)14-23(24)28/h5-16,33H,3-4H2,1-2H3. The van der Waals surface area contributed by atoms with E-state index in [1.807, 2.05) is 0 Å². The van der Waals surface area contributed by atoms with Crippen LogP contribution in [-0.2, 0) is 10.0 Å². The summed E-state index contributed by atoms with van der Waals surface area (Å²) in [6.45, 7) is 4.11. The highest BCUT2D eigenvalue weighted by Gasteiger charge is 2.23. The molecular formula is C26H23Cl2N3O4S. The van der Waals surface area contributed by atoms with Crippen LogP contribution >= 0.6 is 23.2 Å². The molecule has 36 heavy (non-hydrogen) atoms. The lowest BCUT2D eigenvalue weighted by atomic mass is 10.1. The zero-order chi connectivity index (χ0) is 26.0. The molecule has 0 aliphatic heterocycles. The van der Waals surface area contributed by atoms with Gasteiger partial charge in [0.15, 0.2) is 0 Å². The molecule has 0 aliphatic carbocycles. The molecule has 1 heterocycles. The largest absolute Gasteiger partial charge is 0.494 e. The van der Waals surface area contributed by atoms with Crippen LogP contribution in [0.3, 0.4) is 0 Å². The minimum Gasteiger partial charge on any atom is -0.494 e. The maximum absolute atomic E-state index is 13.4. The van der Waals surface area contributed by atoms with Crippen LogP contribution in [0.1, 0.15) is 19.4 Å². The number of rotatable bonds is 7. The molecule has 0 radical (unpaired) electrons. The lowest BCUT2D eigenvalue weighted by Gasteiger charge is -2.19. The van der Waals surface area contributed by atoms with E-state index in [0.29, 0.717) is 39.6 Å². The Morgan fingerprint density at radius 1 is 0.972 bits per heavy atom. The highest BCUT2D eigenvalue weighted by atomic mass is 35.5. The molecule has 4 aromatic rings. The molecule has 0 saturated carbocycles. The molecule has 1 N–H and O–H groups in total. The first-order valence-electron chi connectivity index (χ1n) is 11.2. The van der Waals surface area contributed by atoms with Gasteiger partial charge in [-0.3, -0.25) is 9.79 Å². The van der Waals surface area contributed by atoms with Crippen LogP contribution in [0.2, 0.25) is 10.0 Å². The Morgan fingerprint density at radius 3 is 2.33 bits per heavy atom. The number of aromatic nitrogens is 1. The van der Waals surface area contributed by atoms with Gasteiger partial charge in [0, 0.05) is 35.1 Å². The van der Waals surface area contributed by atoms with Crippen LogP contribution in [0.25, 0.3) is 16.5 Å². The smallest absolute Gasteiger partial charge is 0.265 e. The monoisotopic (exact) mass is 543 g/mol. The summed E-state index contributed by atoms with van der Waals surface area (Å²) in [5.74, 6) is -0.384. The lowest BCUT2D eigenvalue weighted by molar-refractivity contribution is 0.435. The van der Waals surface area contributed by atoms with Gasteiger partial charge in [0.05, 0.1) is 26.9 Å². The molecule has 0 amide bonds. The number of benzene rings is 3. The number of aromatic hydroxyl groups is 1. The van der Waals surface area contributed by atoms with Gasteiger partial charge in [-0.2, -0.15) is 4.31 Å². The molecule has 4 rings (SSSR count). The Balaban J connectivity index is 1.94. The van der Waals surface area contributed by atoms with Crippen molar-refractivity contribution in [2.24, 2.45) is 4.99 Å². The number of hydrogen-bond acceptors (Lipinski definition) is 5. The van der Waals surface area contributed by atoms with Crippen LogP contribution in [0.15, 0.2) is 81.4 Å². The summed E-state index contributed by atoms with van der Waals surface area (Å²) in [5, 5.41) is 12.9. The van der Waals surface area contributed by atoms with Crippen molar-refractivity contribution in [1.29, 1.82) is 0 Å². The van der Waals surface area contributed by atoms with Gasteiger partial charge in [-0.1, -0.05) is 61.3 Å². The summed E-state index contributed by atoms with van der Waals surface area (Å²) in [6.07, 6.45) is 1.42. The van der Waals surface area contributed by atoms with Gasteiger partial charge in [0.2, 0.25) is 15.9 Å². The minimum absolute atomic E-state index is 0.0197. The molecule has 186 valence electrons. The van der Waals surface area contributed by atoms with Crippen molar-refractivity contribution in [3.8, 4) is 11.6 Å². The topological polar surface area (TPSA) is 92.0 Å². The third-order valence-corrected chi connectivity index (χ3v) is 8.35. The van der Waals surface area contributed by atoms with Crippen molar-refractivity contribution in [3.63, 3.8) is 0 Å². The van der Waals surface area contributed by atoms with E-state index in [2.05, 4.69) is 4.99 Å². The Hall–Kier alpha value is -3.17. The number of nitrogens with zero attached hydrogens (tertiary/aromatic N) is 3. The zero-order valence-electron chi connectivity index (χ0n) is 19.5. The van der Waals surface area contributed by atoms with Crippen molar-refractivity contribution in [2.45, 2.75) is 18.7 Å². The Kier molecular flexibility index (Phi) is 7.51. The quantitative estimate of drug-likeness (QED) is 0.299. The van der Waals surface area contributed by atoms with E-state index < -0.39 is 15.6 Å². The van der Waals surface area contributed by atoms with Crippen LogP contribution in [0, 0.1) is 0 Å². The maximum Gasteiger partial charge on any atom is 0.265 e. The summed E-state index contributed by atoms with van der Waals surface area (Å²) < 4.78 is 28.6. The second-order valence-electron chi connectivity index (χ2n) is 7.86. The predicted molar refractivity (Wildman–Crippen MR) is 145 cm³/mol. The normalized spacial score (nSPS) is 12.1. The van der Waals surface area contributed by atoms with Crippen LogP contribution in [0.5, 0.6) is 5.88 Å². The highest BCUT2D eigenvalue weighted by molar-refractivity contribution is 7.89. The summed E-state index contributed by atoms with van der Waals surface area (Å²) in [7, 11) is -3.78. The average molecular weight is 544 g/mol. The third kappa shape index (κ3) is 4.77.